The van der Waals surface area contributed by atoms with Gasteiger partial charge in [0, 0.05) is 32.6 Å². The van der Waals surface area contributed by atoms with E-state index in [1.54, 1.807) is 31.3 Å². The molecule has 0 saturated carbocycles. The molecule has 8 heteroatoms. The largest absolute Gasteiger partial charge is 0.493 e. The number of esters is 1. The Morgan fingerprint density at radius 1 is 0.939 bits per heavy atom. The van der Waals surface area contributed by atoms with E-state index in [0.29, 0.717) is 43.1 Å². The zero-order valence-corrected chi connectivity index (χ0v) is 19.3. The van der Waals surface area contributed by atoms with Gasteiger partial charge in [-0.1, -0.05) is 18.2 Å². The molecule has 33 heavy (non-hydrogen) atoms. The maximum Gasteiger partial charge on any atom is 0.409 e. The number of amides is 1. The fraction of sp³-hybridized carbons (Fsp3) is 0.440. The minimum Gasteiger partial charge on any atom is -0.493 e. The third kappa shape index (κ3) is 4.90. The molecule has 2 aliphatic heterocycles. The Labute approximate surface area is 194 Å². The van der Waals surface area contributed by atoms with Crippen LogP contribution in [0.5, 0.6) is 11.5 Å². The van der Waals surface area contributed by atoms with Crippen molar-refractivity contribution in [2.24, 2.45) is 0 Å². The number of benzene rings is 2. The highest BCUT2D eigenvalue weighted by Gasteiger charge is 2.39. The number of rotatable bonds is 5. The molecule has 0 aliphatic carbocycles. The molecule has 4 rings (SSSR count). The lowest BCUT2D eigenvalue weighted by Crippen LogP contribution is -2.58. The SMILES string of the molecule is COC(=O)N1CC[C@@H](OC(=O)c2ccccc2)[C@H](N2CCc3cc(OC)c(OC)cc3C2)C1. The smallest absolute Gasteiger partial charge is 0.409 e. The first-order valence-corrected chi connectivity index (χ1v) is 11.1. The van der Waals surface area contributed by atoms with Crippen molar-refractivity contribution in [3.05, 3.63) is 59.2 Å². The number of carbonyl (C=O) groups excluding carboxylic acids is 2. The number of nitrogens with zero attached hydrogens (tertiary/aromatic N) is 2. The monoisotopic (exact) mass is 454 g/mol. The molecule has 0 radical (unpaired) electrons. The van der Waals surface area contributed by atoms with Gasteiger partial charge in [-0.05, 0) is 41.8 Å². The minimum atomic E-state index is -0.364. The number of hydrogen-bond acceptors (Lipinski definition) is 7. The summed E-state index contributed by atoms with van der Waals surface area (Å²) in [6.45, 7) is 2.35. The second kappa shape index (κ2) is 10.1. The van der Waals surface area contributed by atoms with E-state index in [4.69, 9.17) is 18.9 Å². The average molecular weight is 455 g/mol. The zero-order chi connectivity index (χ0) is 23.4. The quantitative estimate of drug-likeness (QED) is 0.643. The van der Waals surface area contributed by atoms with Crippen LogP contribution in [-0.2, 0) is 22.4 Å². The molecule has 8 nitrogen and oxygen atoms in total. The van der Waals surface area contributed by atoms with E-state index in [-0.39, 0.29) is 24.2 Å². The fourth-order valence-corrected chi connectivity index (χ4v) is 4.66. The lowest BCUT2D eigenvalue weighted by molar-refractivity contribution is -0.0365. The van der Waals surface area contributed by atoms with Gasteiger partial charge in [0.05, 0.1) is 32.9 Å². The van der Waals surface area contributed by atoms with Gasteiger partial charge >= 0.3 is 12.1 Å². The van der Waals surface area contributed by atoms with Crippen LogP contribution in [0.15, 0.2) is 42.5 Å². The van der Waals surface area contributed by atoms with Crippen LogP contribution in [0.2, 0.25) is 0 Å². The van der Waals surface area contributed by atoms with Crippen LogP contribution in [0, 0.1) is 0 Å². The van der Waals surface area contributed by atoms with Crippen molar-refractivity contribution in [1.82, 2.24) is 9.80 Å². The number of ether oxygens (including phenoxy) is 4. The Morgan fingerprint density at radius 3 is 2.30 bits per heavy atom. The van der Waals surface area contributed by atoms with Crippen molar-refractivity contribution in [2.75, 3.05) is 41.0 Å². The molecule has 2 heterocycles. The van der Waals surface area contributed by atoms with Crippen LogP contribution in [0.3, 0.4) is 0 Å². The molecule has 2 aromatic rings. The highest BCUT2D eigenvalue weighted by molar-refractivity contribution is 5.89. The summed E-state index contributed by atoms with van der Waals surface area (Å²) in [4.78, 5) is 29.0. The predicted molar refractivity (Wildman–Crippen MR) is 122 cm³/mol. The molecule has 1 saturated heterocycles. The van der Waals surface area contributed by atoms with Gasteiger partial charge in [0.25, 0.3) is 0 Å². The van der Waals surface area contributed by atoms with Crippen molar-refractivity contribution in [2.45, 2.75) is 31.5 Å². The predicted octanol–water partition coefficient (Wildman–Crippen LogP) is 3.13. The highest BCUT2D eigenvalue weighted by Crippen LogP contribution is 2.35. The summed E-state index contributed by atoms with van der Waals surface area (Å²) in [5.74, 6) is 1.06. The van der Waals surface area contributed by atoms with Crippen LogP contribution in [0.4, 0.5) is 4.79 Å². The Morgan fingerprint density at radius 2 is 1.64 bits per heavy atom. The molecular weight excluding hydrogens is 424 g/mol. The van der Waals surface area contributed by atoms with E-state index in [1.165, 1.54) is 12.7 Å². The lowest BCUT2D eigenvalue weighted by Gasteiger charge is -2.44. The number of methoxy groups -OCH3 is 3. The molecule has 176 valence electrons. The second-order valence-electron chi connectivity index (χ2n) is 8.28. The van der Waals surface area contributed by atoms with E-state index in [2.05, 4.69) is 4.90 Å². The molecule has 2 aromatic carbocycles. The molecule has 1 amide bonds. The minimum absolute atomic E-state index is 0.147. The van der Waals surface area contributed by atoms with Crippen molar-refractivity contribution in [3.63, 3.8) is 0 Å². The van der Waals surface area contributed by atoms with Crippen molar-refractivity contribution in [1.29, 1.82) is 0 Å². The molecule has 0 unspecified atom stereocenters. The lowest BCUT2D eigenvalue weighted by atomic mass is 9.94. The summed E-state index contributed by atoms with van der Waals surface area (Å²) in [5, 5.41) is 0. The van der Waals surface area contributed by atoms with Crippen molar-refractivity contribution >= 4 is 12.1 Å². The highest BCUT2D eigenvalue weighted by atomic mass is 16.6. The summed E-state index contributed by atoms with van der Waals surface area (Å²) in [6.07, 6.45) is 0.675. The van der Waals surface area contributed by atoms with Crippen LogP contribution >= 0.6 is 0 Å². The average Bonchev–Trinajstić information content (AvgIpc) is 2.87. The molecule has 0 aromatic heterocycles. The summed E-state index contributed by atoms with van der Waals surface area (Å²) < 4.78 is 21.9. The molecule has 0 spiro atoms. The molecule has 0 bridgehead atoms. The van der Waals surface area contributed by atoms with Crippen LogP contribution < -0.4 is 9.47 Å². The van der Waals surface area contributed by atoms with Gasteiger partial charge in [0.15, 0.2) is 11.5 Å². The molecule has 2 aliphatic rings. The Balaban J connectivity index is 1.56. The Bertz CT molecular complexity index is 996. The van der Waals surface area contributed by atoms with E-state index >= 15 is 0 Å². The summed E-state index contributed by atoms with van der Waals surface area (Å²) in [7, 11) is 4.64. The van der Waals surface area contributed by atoms with E-state index in [0.717, 1.165) is 18.5 Å². The maximum atomic E-state index is 12.8. The topological polar surface area (TPSA) is 77.5 Å². The van der Waals surface area contributed by atoms with E-state index in [9.17, 15) is 9.59 Å². The number of fused-ring (bicyclic) bond motifs is 1. The van der Waals surface area contributed by atoms with Crippen molar-refractivity contribution in [3.8, 4) is 11.5 Å². The summed E-state index contributed by atoms with van der Waals surface area (Å²) in [5.41, 5.74) is 2.87. The summed E-state index contributed by atoms with van der Waals surface area (Å²) >= 11 is 0. The van der Waals surface area contributed by atoms with Crippen LogP contribution in [0.25, 0.3) is 0 Å². The van der Waals surface area contributed by atoms with Gasteiger partial charge in [0.1, 0.15) is 6.10 Å². The van der Waals surface area contributed by atoms with Gasteiger partial charge in [-0.3, -0.25) is 4.90 Å². The zero-order valence-electron chi connectivity index (χ0n) is 19.3. The third-order valence-corrected chi connectivity index (χ3v) is 6.44. The van der Waals surface area contributed by atoms with Crippen molar-refractivity contribution < 1.29 is 28.5 Å². The number of carbonyl (C=O) groups is 2. The van der Waals surface area contributed by atoms with Gasteiger partial charge in [-0.25, -0.2) is 9.59 Å². The molecule has 0 N–H and O–H groups in total. The van der Waals surface area contributed by atoms with Crippen LogP contribution in [-0.4, -0.2) is 75.0 Å². The first-order chi connectivity index (χ1) is 16.0. The normalized spacial score (nSPS) is 20.5. The van der Waals surface area contributed by atoms with Gasteiger partial charge < -0.3 is 23.8 Å². The summed E-state index contributed by atoms with van der Waals surface area (Å²) in [6, 6.07) is 12.9. The Hall–Kier alpha value is -3.26. The van der Waals surface area contributed by atoms with E-state index < -0.39 is 0 Å². The first kappa shape index (κ1) is 22.9. The molecule has 2 atom stereocenters. The van der Waals surface area contributed by atoms with E-state index in [1.807, 2.05) is 30.3 Å². The van der Waals surface area contributed by atoms with Gasteiger partial charge in [0.2, 0.25) is 0 Å². The Kier molecular flexibility index (Phi) is 7.03. The molecule has 1 fully saturated rings. The third-order valence-electron chi connectivity index (χ3n) is 6.44. The second-order valence-corrected chi connectivity index (χ2v) is 8.28. The van der Waals surface area contributed by atoms with Crippen LogP contribution in [0.1, 0.15) is 27.9 Å². The molecular formula is C25H30N2O6. The van der Waals surface area contributed by atoms with Gasteiger partial charge in [-0.15, -0.1) is 0 Å². The number of piperidine rings is 1. The maximum absolute atomic E-state index is 12.8. The standard InChI is InChI=1S/C25H30N2O6/c1-30-22-13-18-9-11-26(15-19(18)14-23(22)31-2)20-16-27(25(29)32-3)12-10-21(20)33-24(28)17-7-5-4-6-8-17/h4-8,13-14,20-21H,9-12,15-16H2,1-3H3/t20-,21-/m1/s1. The number of hydrogen-bond donors (Lipinski definition) is 0. The number of likely N-dealkylation sites (tertiary alicyclic amines) is 1. The first-order valence-electron chi connectivity index (χ1n) is 11.1. The fourth-order valence-electron chi connectivity index (χ4n) is 4.66. The van der Waals surface area contributed by atoms with Gasteiger partial charge in [-0.2, -0.15) is 0 Å².